The van der Waals surface area contributed by atoms with Gasteiger partial charge in [0.05, 0.1) is 11.4 Å². The number of amides is 2. The van der Waals surface area contributed by atoms with Crippen LogP contribution in [0.15, 0.2) is 66.0 Å². The van der Waals surface area contributed by atoms with Crippen LogP contribution in [0.3, 0.4) is 0 Å². The lowest BCUT2D eigenvalue weighted by Crippen LogP contribution is -2.48. The summed E-state index contributed by atoms with van der Waals surface area (Å²) in [5.41, 5.74) is 4.62. The molecule has 0 aliphatic carbocycles. The molecule has 3 aromatic rings. The van der Waals surface area contributed by atoms with E-state index in [1.54, 1.807) is 35.0 Å². The van der Waals surface area contributed by atoms with Gasteiger partial charge in [-0.3, -0.25) is 14.8 Å². The molecule has 142 valence electrons. The van der Waals surface area contributed by atoms with Crippen molar-refractivity contribution < 1.29 is 14.8 Å². The number of carbonyl (C=O) groups excluding carboxylic acids is 2. The van der Waals surface area contributed by atoms with Crippen LogP contribution in [0.25, 0.3) is 0 Å². The molecule has 1 aliphatic heterocycles. The van der Waals surface area contributed by atoms with Gasteiger partial charge in [0.1, 0.15) is 6.04 Å². The van der Waals surface area contributed by atoms with Gasteiger partial charge < -0.3 is 10.2 Å². The van der Waals surface area contributed by atoms with Crippen molar-refractivity contribution >= 4 is 34.5 Å². The number of rotatable bonds is 5. The molecule has 0 fully saturated rings. The van der Waals surface area contributed by atoms with E-state index in [1.807, 2.05) is 47.8 Å². The van der Waals surface area contributed by atoms with Crippen molar-refractivity contribution in [2.45, 2.75) is 19.0 Å². The predicted octanol–water partition coefficient (Wildman–Crippen LogP) is 3.44. The van der Waals surface area contributed by atoms with Gasteiger partial charge in [0, 0.05) is 23.4 Å². The lowest BCUT2D eigenvalue weighted by molar-refractivity contribution is -0.117. The number of benzene rings is 2. The Morgan fingerprint density at radius 3 is 2.79 bits per heavy atom. The summed E-state index contributed by atoms with van der Waals surface area (Å²) in [6, 6.07) is 18.4. The maximum atomic E-state index is 12.9. The van der Waals surface area contributed by atoms with Crippen LogP contribution < -0.4 is 15.7 Å². The smallest absolute Gasteiger partial charge is 0.274 e. The molecule has 3 N–H and O–H groups in total. The van der Waals surface area contributed by atoms with E-state index in [9.17, 15) is 9.59 Å². The molecule has 0 saturated carbocycles. The molecule has 1 aromatic heterocycles. The Hall–Kier alpha value is -3.16. The van der Waals surface area contributed by atoms with Crippen molar-refractivity contribution in [2.75, 3.05) is 10.2 Å². The summed E-state index contributed by atoms with van der Waals surface area (Å²) in [6.45, 7) is 0.465. The number of fused-ring (bicyclic) bond motifs is 1. The van der Waals surface area contributed by atoms with Gasteiger partial charge in [-0.15, -0.1) is 11.3 Å². The van der Waals surface area contributed by atoms with E-state index >= 15 is 0 Å². The number of nitrogens with one attached hydrogen (secondary N) is 2. The number of thiophene rings is 1. The number of carbonyl (C=O) groups is 2. The first-order valence-electron chi connectivity index (χ1n) is 8.88. The number of nitrogens with zero attached hydrogens (tertiary/aromatic N) is 1. The Kier molecular flexibility index (Phi) is 5.10. The number of hydrogen-bond acceptors (Lipinski definition) is 5. The number of para-hydroxylation sites is 2. The third-order valence-corrected chi connectivity index (χ3v) is 5.67. The highest BCUT2D eigenvalue weighted by molar-refractivity contribution is 7.09. The molecule has 2 aromatic carbocycles. The van der Waals surface area contributed by atoms with Crippen LogP contribution in [0.1, 0.15) is 20.8 Å². The quantitative estimate of drug-likeness (QED) is 0.458. The highest BCUT2D eigenvalue weighted by atomic mass is 32.1. The van der Waals surface area contributed by atoms with Crippen LogP contribution in [-0.4, -0.2) is 23.1 Å². The second kappa shape index (κ2) is 7.84. The summed E-state index contributed by atoms with van der Waals surface area (Å²) in [5, 5.41) is 13.9. The topological polar surface area (TPSA) is 81.7 Å². The predicted molar refractivity (Wildman–Crippen MR) is 109 cm³/mol. The molecule has 2 heterocycles. The van der Waals surface area contributed by atoms with Crippen LogP contribution in [-0.2, 0) is 17.8 Å². The first-order valence-corrected chi connectivity index (χ1v) is 9.76. The fourth-order valence-corrected chi connectivity index (χ4v) is 4.19. The highest BCUT2D eigenvalue weighted by Gasteiger charge is 2.33. The molecule has 1 aliphatic rings. The Labute approximate surface area is 166 Å². The number of hydrogen-bond donors (Lipinski definition) is 3. The van der Waals surface area contributed by atoms with Crippen LogP contribution in [0, 0.1) is 0 Å². The maximum absolute atomic E-state index is 12.9. The highest BCUT2D eigenvalue weighted by Crippen LogP contribution is 2.34. The monoisotopic (exact) mass is 393 g/mol. The SMILES string of the molecule is O=C(NO)c1cccc(CN2c3ccccc3NC(=O)[C@H]2Cc2cccs2)c1. The third kappa shape index (κ3) is 3.62. The molecule has 1 atom stereocenters. The summed E-state index contributed by atoms with van der Waals surface area (Å²) in [4.78, 5) is 27.8. The van der Waals surface area contributed by atoms with Gasteiger partial charge in [0.2, 0.25) is 5.91 Å². The zero-order chi connectivity index (χ0) is 19.5. The Morgan fingerprint density at radius 2 is 2.00 bits per heavy atom. The molecule has 0 radical (unpaired) electrons. The van der Waals surface area contributed by atoms with Gasteiger partial charge >= 0.3 is 0 Å². The second-order valence-electron chi connectivity index (χ2n) is 6.57. The zero-order valence-electron chi connectivity index (χ0n) is 15.0. The molecular formula is C21H19N3O3S. The van der Waals surface area contributed by atoms with Crippen molar-refractivity contribution in [2.24, 2.45) is 0 Å². The molecule has 4 rings (SSSR count). The summed E-state index contributed by atoms with van der Waals surface area (Å²) in [6.07, 6.45) is 0.606. The number of hydroxylamine groups is 1. The Bertz CT molecular complexity index is 1000. The van der Waals surface area contributed by atoms with Crippen LogP contribution in [0.2, 0.25) is 0 Å². The zero-order valence-corrected chi connectivity index (χ0v) is 15.8. The molecule has 7 heteroatoms. The Balaban J connectivity index is 1.69. The number of anilines is 2. The third-order valence-electron chi connectivity index (χ3n) is 4.77. The van der Waals surface area contributed by atoms with E-state index in [1.165, 1.54) is 0 Å². The van der Waals surface area contributed by atoms with Gasteiger partial charge in [0.15, 0.2) is 0 Å². The lowest BCUT2D eigenvalue weighted by Gasteiger charge is -2.38. The van der Waals surface area contributed by atoms with Crippen molar-refractivity contribution in [1.29, 1.82) is 0 Å². The van der Waals surface area contributed by atoms with E-state index in [2.05, 4.69) is 10.2 Å². The standard InChI is InChI=1S/C21H19N3O3S/c25-20(23-27)15-6-3-5-14(11-15)13-24-18-9-2-1-8-17(18)22-21(26)19(24)12-16-7-4-10-28-16/h1-11,19,27H,12-13H2,(H,22,26)(H,23,25)/t19-/m1/s1. The minimum Gasteiger partial charge on any atom is -0.353 e. The summed E-state index contributed by atoms with van der Waals surface area (Å²) < 4.78 is 0. The fraction of sp³-hybridized carbons (Fsp3) is 0.143. The molecule has 2 amide bonds. The molecule has 6 nitrogen and oxygen atoms in total. The Morgan fingerprint density at radius 1 is 1.14 bits per heavy atom. The summed E-state index contributed by atoms with van der Waals surface area (Å²) in [7, 11) is 0. The van der Waals surface area contributed by atoms with E-state index in [-0.39, 0.29) is 11.9 Å². The maximum Gasteiger partial charge on any atom is 0.274 e. The second-order valence-corrected chi connectivity index (χ2v) is 7.61. The van der Waals surface area contributed by atoms with Crippen molar-refractivity contribution in [3.05, 3.63) is 82.0 Å². The van der Waals surface area contributed by atoms with Crippen LogP contribution >= 0.6 is 11.3 Å². The first-order chi connectivity index (χ1) is 13.7. The van der Waals surface area contributed by atoms with Gasteiger partial charge in [-0.1, -0.05) is 30.3 Å². The minimum absolute atomic E-state index is 0.0450. The molecule has 0 saturated heterocycles. The average molecular weight is 393 g/mol. The molecule has 0 unspecified atom stereocenters. The van der Waals surface area contributed by atoms with Crippen LogP contribution in [0.4, 0.5) is 11.4 Å². The van der Waals surface area contributed by atoms with E-state index < -0.39 is 5.91 Å². The van der Waals surface area contributed by atoms with Crippen molar-refractivity contribution in [3.63, 3.8) is 0 Å². The summed E-state index contributed by atoms with van der Waals surface area (Å²) in [5.74, 6) is -0.606. The van der Waals surface area contributed by atoms with Gasteiger partial charge in [-0.05, 0) is 41.3 Å². The minimum atomic E-state index is -0.561. The first kappa shape index (κ1) is 18.2. The van der Waals surface area contributed by atoms with E-state index in [0.29, 0.717) is 18.5 Å². The van der Waals surface area contributed by atoms with Gasteiger partial charge in [-0.25, -0.2) is 5.48 Å². The van der Waals surface area contributed by atoms with Gasteiger partial charge in [-0.2, -0.15) is 0 Å². The molecule has 28 heavy (non-hydrogen) atoms. The average Bonchev–Trinajstić information content (AvgIpc) is 3.23. The molecule has 0 bridgehead atoms. The fourth-order valence-electron chi connectivity index (χ4n) is 3.44. The largest absolute Gasteiger partial charge is 0.353 e. The van der Waals surface area contributed by atoms with E-state index in [4.69, 9.17) is 5.21 Å². The normalized spacial score (nSPS) is 15.7. The summed E-state index contributed by atoms with van der Waals surface area (Å²) >= 11 is 1.63. The van der Waals surface area contributed by atoms with Gasteiger partial charge in [0.25, 0.3) is 5.91 Å². The molecular weight excluding hydrogens is 374 g/mol. The van der Waals surface area contributed by atoms with Crippen molar-refractivity contribution in [3.8, 4) is 0 Å². The lowest BCUT2D eigenvalue weighted by atomic mass is 10.0. The van der Waals surface area contributed by atoms with Crippen LogP contribution in [0.5, 0.6) is 0 Å². The van der Waals surface area contributed by atoms with E-state index in [0.717, 1.165) is 21.8 Å². The van der Waals surface area contributed by atoms with Crippen molar-refractivity contribution in [1.82, 2.24) is 5.48 Å². The molecule has 0 spiro atoms.